The van der Waals surface area contributed by atoms with Gasteiger partial charge in [0.05, 0.1) is 17.3 Å². The van der Waals surface area contributed by atoms with Crippen molar-refractivity contribution in [2.24, 2.45) is 0 Å². The molecule has 0 radical (unpaired) electrons. The van der Waals surface area contributed by atoms with Crippen molar-refractivity contribution in [3.05, 3.63) is 69.2 Å². The third-order valence-electron chi connectivity index (χ3n) is 5.32. The van der Waals surface area contributed by atoms with Crippen LogP contribution in [0.5, 0.6) is 0 Å². The van der Waals surface area contributed by atoms with Crippen LogP contribution in [0.15, 0.2) is 53.4 Å². The molecule has 1 amide bonds. The lowest BCUT2D eigenvalue weighted by Crippen LogP contribution is -2.52. The van der Waals surface area contributed by atoms with Crippen molar-refractivity contribution in [2.45, 2.75) is 23.1 Å². The lowest BCUT2D eigenvalue weighted by Gasteiger charge is -2.39. The van der Waals surface area contributed by atoms with Crippen LogP contribution in [0.4, 0.5) is 5.69 Å². The summed E-state index contributed by atoms with van der Waals surface area (Å²) >= 11 is 7.69. The van der Waals surface area contributed by atoms with Crippen molar-refractivity contribution in [1.82, 2.24) is 9.80 Å². The Morgan fingerprint density at radius 3 is 2.28 bits per heavy atom. The van der Waals surface area contributed by atoms with E-state index in [9.17, 15) is 19.7 Å². The van der Waals surface area contributed by atoms with Crippen molar-refractivity contribution < 1.29 is 19.2 Å². The number of hydrogen-bond acceptors (Lipinski definition) is 7. The summed E-state index contributed by atoms with van der Waals surface area (Å²) in [5.41, 5.74) is 0.700. The number of benzene rings is 2. The topological polar surface area (TPSA) is 93.0 Å². The molecule has 10 heteroatoms. The van der Waals surface area contributed by atoms with E-state index in [4.69, 9.17) is 16.3 Å². The third kappa shape index (κ3) is 5.59. The molecule has 0 aromatic heterocycles. The molecule has 2 atom stereocenters. The van der Waals surface area contributed by atoms with Gasteiger partial charge in [0, 0.05) is 48.2 Å². The minimum atomic E-state index is -0.627. The maximum atomic E-state index is 12.9. The van der Waals surface area contributed by atoms with Crippen molar-refractivity contribution >= 4 is 40.9 Å². The number of carbonyl (C=O) groups is 2. The van der Waals surface area contributed by atoms with Gasteiger partial charge in [0.1, 0.15) is 6.04 Å². The zero-order valence-corrected chi connectivity index (χ0v) is 19.3. The van der Waals surface area contributed by atoms with Gasteiger partial charge in [-0.25, -0.2) is 4.79 Å². The molecule has 1 aliphatic rings. The molecule has 170 valence electrons. The van der Waals surface area contributed by atoms with Crippen LogP contribution in [-0.4, -0.2) is 65.1 Å². The van der Waals surface area contributed by atoms with E-state index in [0.717, 1.165) is 4.90 Å². The maximum absolute atomic E-state index is 12.9. The Balaban J connectivity index is 1.62. The second-order valence-corrected chi connectivity index (χ2v) is 9.14. The van der Waals surface area contributed by atoms with E-state index in [1.807, 2.05) is 24.0 Å². The highest BCUT2D eigenvalue weighted by Gasteiger charge is 2.34. The van der Waals surface area contributed by atoms with Crippen molar-refractivity contribution in [1.29, 1.82) is 0 Å². The lowest BCUT2D eigenvalue weighted by molar-refractivity contribution is -0.384. The van der Waals surface area contributed by atoms with E-state index in [0.29, 0.717) is 36.8 Å². The fraction of sp³-hybridized carbons (Fsp3) is 0.364. The molecule has 0 spiro atoms. The van der Waals surface area contributed by atoms with E-state index >= 15 is 0 Å². The fourth-order valence-electron chi connectivity index (χ4n) is 3.64. The maximum Gasteiger partial charge on any atom is 0.327 e. The highest BCUT2D eigenvalue weighted by atomic mass is 35.5. The molecule has 0 unspecified atom stereocenters. The van der Waals surface area contributed by atoms with Crippen molar-refractivity contribution in [3.63, 3.8) is 0 Å². The normalized spacial score (nSPS) is 16.3. The van der Waals surface area contributed by atoms with Gasteiger partial charge < -0.3 is 9.64 Å². The fourth-order valence-corrected chi connectivity index (χ4v) is 4.83. The SMILES string of the molecule is COC(=O)[C@H](c1ccccc1Cl)N1CCN(C(=O)[C@H](C)Sc2ccc([N+](=O)[O-])cc2)CC1. The van der Waals surface area contributed by atoms with Gasteiger partial charge in [0.2, 0.25) is 5.91 Å². The van der Waals surface area contributed by atoms with Crippen LogP contribution in [-0.2, 0) is 14.3 Å². The average Bonchev–Trinajstić information content (AvgIpc) is 2.80. The molecular formula is C22H24ClN3O5S. The van der Waals surface area contributed by atoms with Crippen LogP contribution < -0.4 is 0 Å². The van der Waals surface area contributed by atoms with E-state index in [1.54, 1.807) is 29.2 Å². The van der Waals surface area contributed by atoms with Crippen LogP contribution in [0.25, 0.3) is 0 Å². The van der Waals surface area contributed by atoms with Crippen LogP contribution in [0.2, 0.25) is 5.02 Å². The quantitative estimate of drug-likeness (QED) is 0.259. The monoisotopic (exact) mass is 477 g/mol. The molecule has 0 N–H and O–H groups in total. The summed E-state index contributed by atoms with van der Waals surface area (Å²) in [6, 6.07) is 12.7. The number of methoxy groups -OCH3 is 1. The molecule has 8 nitrogen and oxygen atoms in total. The Morgan fingerprint density at radius 1 is 1.09 bits per heavy atom. The number of nitro groups is 1. The number of esters is 1. The van der Waals surface area contributed by atoms with Gasteiger partial charge in [-0.2, -0.15) is 0 Å². The first kappa shape index (κ1) is 24.0. The number of thioether (sulfide) groups is 1. The number of non-ortho nitro benzene ring substituents is 1. The number of piperazine rings is 1. The van der Waals surface area contributed by atoms with Crippen LogP contribution in [0, 0.1) is 10.1 Å². The molecule has 2 aromatic carbocycles. The molecule has 0 saturated carbocycles. The summed E-state index contributed by atoms with van der Waals surface area (Å²) in [5, 5.41) is 10.9. The molecule has 1 heterocycles. The number of carbonyl (C=O) groups excluding carboxylic acids is 2. The number of amides is 1. The molecule has 2 aromatic rings. The Morgan fingerprint density at radius 2 is 1.72 bits per heavy atom. The summed E-state index contributed by atoms with van der Waals surface area (Å²) in [6.45, 7) is 3.78. The number of nitrogens with zero attached hydrogens (tertiary/aromatic N) is 3. The summed E-state index contributed by atoms with van der Waals surface area (Å²) in [4.78, 5) is 40.3. The number of nitro benzene ring substituents is 1. The summed E-state index contributed by atoms with van der Waals surface area (Å²) < 4.78 is 5.01. The Labute approximate surface area is 195 Å². The summed E-state index contributed by atoms with van der Waals surface area (Å²) in [5.74, 6) is -0.402. The zero-order chi connectivity index (χ0) is 23.3. The van der Waals surface area contributed by atoms with Gasteiger partial charge in [0.25, 0.3) is 5.69 Å². The van der Waals surface area contributed by atoms with Gasteiger partial charge in [-0.15, -0.1) is 11.8 Å². The van der Waals surface area contributed by atoms with E-state index in [1.165, 1.54) is 31.0 Å². The molecule has 0 bridgehead atoms. The van der Waals surface area contributed by atoms with Crippen molar-refractivity contribution in [3.8, 4) is 0 Å². The van der Waals surface area contributed by atoms with E-state index in [2.05, 4.69) is 0 Å². The molecule has 1 fully saturated rings. The van der Waals surface area contributed by atoms with Gasteiger partial charge >= 0.3 is 5.97 Å². The number of rotatable bonds is 7. The standard InChI is InChI=1S/C22H24ClN3O5S/c1-15(32-17-9-7-16(8-10-17)26(29)30)21(27)25-13-11-24(12-14-25)20(22(28)31-2)18-5-3-4-6-19(18)23/h3-10,15,20H,11-14H2,1-2H3/t15-,20-/m0/s1. The van der Waals surface area contributed by atoms with E-state index < -0.39 is 11.0 Å². The first-order valence-electron chi connectivity index (χ1n) is 10.1. The molecule has 1 aliphatic heterocycles. The summed E-state index contributed by atoms with van der Waals surface area (Å²) in [6.07, 6.45) is 0. The number of ether oxygens (including phenoxy) is 1. The van der Waals surface area contributed by atoms with Gasteiger partial charge in [-0.1, -0.05) is 29.8 Å². The predicted molar refractivity (Wildman–Crippen MR) is 123 cm³/mol. The molecular weight excluding hydrogens is 454 g/mol. The van der Waals surface area contributed by atoms with Crippen LogP contribution in [0.3, 0.4) is 0 Å². The molecule has 1 saturated heterocycles. The molecule has 32 heavy (non-hydrogen) atoms. The van der Waals surface area contributed by atoms with E-state index in [-0.39, 0.29) is 22.8 Å². The Kier molecular flexibility index (Phi) is 8.11. The van der Waals surface area contributed by atoms with Gasteiger partial charge in [-0.05, 0) is 30.7 Å². The Bertz CT molecular complexity index is 980. The van der Waals surface area contributed by atoms with Crippen LogP contribution >= 0.6 is 23.4 Å². The first-order chi connectivity index (χ1) is 15.3. The van der Waals surface area contributed by atoms with Gasteiger partial charge in [0.15, 0.2) is 0 Å². The third-order valence-corrected chi connectivity index (χ3v) is 6.77. The van der Waals surface area contributed by atoms with Crippen molar-refractivity contribution in [2.75, 3.05) is 33.3 Å². The summed E-state index contributed by atoms with van der Waals surface area (Å²) in [7, 11) is 1.35. The second-order valence-electron chi connectivity index (χ2n) is 7.32. The average molecular weight is 478 g/mol. The van der Waals surface area contributed by atoms with Crippen LogP contribution in [0.1, 0.15) is 18.5 Å². The van der Waals surface area contributed by atoms with Gasteiger partial charge in [-0.3, -0.25) is 19.8 Å². The number of halogens is 1. The Hall–Kier alpha value is -2.62. The zero-order valence-electron chi connectivity index (χ0n) is 17.8. The molecule has 0 aliphatic carbocycles. The highest BCUT2D eigenvalue weighted by Crippen LogP contribution is 2.30. The highest BCUT2D eigenvalue weighted by molar-refractivity contribution is 8.00. The molecule has 3 rings (SSSR count). The first-order valence-corrected chi connectivity index (χ1v) is 11.3. The predicted octanol–water partition coefficient (Wildman–Crippen LogP) is 3.79. The minimum absolute atomic E-state index is 0.0136. The largest absolute Gasteiger partial charge is 0.468 e. The minimum Gasteiger partial charge on any atom is -0.468 e. The number of hydrogen-bond donors (Lipinski definition) is 0. The lowest BCUT2D eigenvalue weighted by atomic mass is 10.0. The smallest absolute Gasteiger partial charge is 0.327 e. The second kappa shape index (κ2) is 10.8.